The second-order valence-electron chi connectivity index (χ2n) is 5.22. The van der Waals surface area contributed by atoms with Crippen molar-refractivity contribution in [1.29, 1.82) is 0 Å². The monoisotopic (exact) mass is 312 g/mol. The highest BCUT2D eigenvalue weighted by atomic mass is 32.2. The van der Waals surface area contributed by atoms with Gasteiger partial charge in [-0.15, -0.1) is 0 Å². The van der Waals surface area contributed by atoms with Crippen LogP contribution in [0.3, 0.4) is 0 Å². The molecule has 1 rings (SSSR count). The molecular weight excluding hydrogens is 288 g/mol. The SMILES string of the molecule is CCN(C1CCC(N)CC1)S(=O)(=O)CCS(C)(=O)=O. The quantitative estimate of drug-likeness (QED) is 0.742. The van der Waals surface area contributed by atoms with Crippen LogP contribution in [0.2, 0.25) is 0 Å². The van der Waals surface area contributed by atoms with Crippen LogP contribution in [0.4, 0.5) is 0 Å². The second-order valence-corrected chi connectivity index (χ2v) is 9.52. The van der Waals surface area contributed by atoms with Crippen LogP contribution < -0.4 is 5.73 Å². The van der Waals surface area contributed by atoms with Gasteiger partial charge in [-0.05, 0) is 25.7 Å². The molecule has 1 fully saturated rings. The van der Waals surface area contributed by atoms with Crippen molar-refractivity contribution < 1.29 is 16.8 Å². The molecule has 114 valence electrons. The molecule has 8 heteroatoms. The fourth-order valence-electron chi connectivity index (χ4n) is 2.45. The van der Waals surface area contributed by atoms with Crippen molar-refractivity contribution in [2.24, 2.45) is 5.73 Å². The zero-order valence-corrected chi connectivity index (χ0v) is 13.2. The molecule has 0 radical (unpaired) electrons. The van der Waals surface area contributed by atoms with Crippen LogP contribution in [0.25, 0.3) is 0 Å². The zero-order chi connectivity index (χ0) is 14.7. The minimum absolute atomic E-state index is 0.0330. The van der Waals surface area contributed by atoms with Gasteiger partial charge < -0.3 is 5.73 Å². The Morgan fingerprint density at radius 2 is 1.58 bits per heavy atom. The first-order chi connectivity index (χ1) is 8.65. The Labute approximate surface area is 116 Å². The first-order valence-electron chi connectivity index (χ1n) is 6.58. The molecule has 0 aliphatic heterocycles. The first kappa shape index (κ1) is 16.9. The van der Waals surface area contributed by atoms with E-state index in [4.69, 9.17) is 5.73 Å². The molecule has 6 nitrogen and oxygen atoms in total. The molecule has 0 spiro atoms. The predicted molar refractivity (Wildman–Crippen MR) is 76.1 cm³/mol. The maximum absolute atomic E-state index is 12.2. The van der Waals surface area contributed by atoms with Crippen molar-refractivity contribution in [3.8, 4) is 0 Å². The first-order valence-corrected chi connectivity index (χ1v) is 10.3. The Bertz CT molecular complexity index is 479. The van der Waals surface area contributed by atoms with Gasteiger partial charge in [0.25, 0.3) is 0 Å². The zero-order valence-electron chi connectivity index (χ0n) is 11.6. The van der Waals surface area contributed by atoms with Gasteiger partial charge in [-0.3, -0.25) is 0 Å². The van der Waals surface area contributed by atoms with Gasteiger partial charge in [0.1, 0.15) is 9.84 Å². The summed E-state index contributed by atoms with van der Waals surface area (Å²) in [7, 11) is -6.77. The Hall–Kier alpha value is -0.180. The largest absolute Gasteiger partial charge is 0.328 e. The molecule has 19 heavy (non-hydrogen) atoms. The molecule has 2 N–H and O–H groups in total. The van der Waals surface area contributed by atoms with Crippen LogP contribution in [0.5, 0.6) is 0 Å². The van der Waals surface area contributed by atoms with E-state index in [1.54, 1.807) is 6.92 Å². The average molecular weight is 312 g/mol. The molecule has 0 saturated heterocycles. The summed E-state index contributed by atoms with van der Waals surface area (Å²) in [6.45, 7) is 2.17. The van der Waals surface area contributed by atoms with Crippen LogP contribution >= 0.6 is 0 Å². The van der Waals surface area contributed by atoms with Crippen LogP contribution in [-0.2, 0) is 19.9 Å². The minimum Gasteiger partial charge on any atom is -0.328 e. The van der Waals surface area contributed by atoms with Gasteiger partial charge in [-0.25, -0.2) is 16.8 Å². The Balaban J connectivity index is 2.72. The second kappa shape index (κ2) is 6.51. The number of rotatable bonds is 6. The van der Waals surface area contributed by atoms with Crippen molar-refractivity contribution in [1.82, 2.24) is 4.31 Å². The van der Waals surface area contributed by atoms with E-state index in [0.717, 1.165) is 31.9 Å². The lowest BCUT2D eigenvalue weighted by Crippen LogP contribution is -2.45. The summed E-state index contributed by atoms with van der Waals surface area (Å²) in [5.41, 5.74) is 5.82. The molecule has 0 bridgehead atoms. The molecule has 0 unspecified atom stereocenters. The number of hydrogen-bond donors (Lipinski definition) is 1. The molecule has 0 amide bonds. The van der Waals surface area contributed by atoms with E-state index in [-0.39, 0.29) is 23.6 Å². The number of sulfonamides is 1. The average Bonchev–Trinajstić information content (AvgIpc) is 2.29. The van der Waals surface area contributed by atoms with E-state index in [9.17, 15) is 16.8 Å². The number of nitrogens with two attached hydrogens (primary N) is 1. The summed E-state index contributed by atoms with van der Waals surface area (Å²) in [6.07, 6.45) is 4.21. The van der Waals surface area contributed by atoms with Crippen molar-refractivity contribution in [3.05, 3.63) is 0 Å². The van der Waals surface area contributed by atoms with Crippen molar-refractivity contribution >= 4 is 19.9 Å². The van der Waals surface area contributed by atoms with Crippen molar-refractivity contribution in [2.45, 2.75) is 44.7 Å². The molecule has 0 aromatic rings. The lowest BCUT2D eigenvalue weighted by Gasteiger charge is -2.34. The standard InChI is InChI=1S/C11H24N2O4S2/c1-3-13(11-6-4-10(12)5-7-11)19(16,17)9-8-18(2,14)15/h10-11H,3-9,12H2,1-2H3. The molecule has 0 aromatic heterocycles. The lowest BCUT2D eigenvalue weighted by atomic mass is 9.92. The predicted octanol–water partition coefficient (Wildman–Crippen LogP) is -0.0474. The maximum atomic E-state index is 12.2. The molecule has 1 aliphatic carbocycles. The molecule has 1 saturated carbocycles. The van der Waals surface area contributed by atoms with E-state index in [1.807, 2.05) is 0 Å². The third-order valence-electron chi connectivity index (χ3n) is 3.53. The molecule has 0 aromatic carbocycles. The van der Waals surface area contributed by atoms with Crippen LogP contribution in [0.15, 0.2) is 0 Å². The normalized spacial score (nSPS) is 25.7. The van der Waals surface area contributed by atoms with E-state index in [0.29, 0.717) is 6.54 Å². The highest BCUT2D eigenvalue weighted by Gasteiger charge is 2.31. The number of sulfone groups is 1. The summed E-state index contributed by atoms with van der Waals surface area (Å²) < 4.78 is 48.1. The Morgan fingerprint density at radius 1 is 1.05 bits per heavy atom. The van der Waals surface area contributed by atoms with Crippen LogP contribution in [0, 0.1) is 0 Å². The minimum atomic E-state index is -3.51. The van der Waals surface area contributed by atoms with E-state index < -0.39 is 19.9 Å². The van der Waals surface area contributed by atoms with Gasteiger partial charge in [0.05, 0.1) is 11.5 Å². The third kappa shape index (κ3) is 5.37. The molecule has 0 atom stereocenters. The maximum Gasteiger partial charge on any atom is 0.215 e. The lowest BCUT2D eigenvalue weighted by molar-refractivity contribution is 0.247. The highest BCUT2D eigenvalue weighted by Crippen LogP contribution is 2.24. The molecule has 0 heterocycles. The van der Waals surface area contributed by atoms with E-state index in [1.165, 1.54) is 4.31 Å². The number of hydrogen-bond acceptors (Lipinski definition) is 5. The third-order valence-corrected chi connectivity index (χ3v) is 6.72. The van der Waals surface area contributed by atoms with Crippen molar-refractivity contribution in [2.75, 3.05) is 24.3 Å². The Kier molecular flexibility index (Phi) is 5.78. The van der Waals surface area contributed by atoms with Crippen LogP contribution in [-0.4, -0.2) is 57.5 Å². The fourth-order valence-corrected chi connectivity index (χ4v) is 5.79. The fraction of sp³-hybridized carbons (Fsp3) is 1.00. The van der Waals surface area contributed by atoms with E-state index >= 15 is 0 Å². The van der Waals surface area contributed by atoms with Gasteiger partial charge in [0, 0.05) is 24.9 Å². The van der Waals surface area contributed by atoms with Crippen molar-refractivity contribution in [3.63, 3.8) is 0 Å². The summed E-state index contributed by atoms with van der Waals surface area (Å²) in [6, 6.07) is 0.128. The summed E-state index contributed by atoms with van der Waals surface area (Å²) in [4.78, 5) is 0. The van der Waals surface area contributed by atoms with Gasteiger partial charge >= 0.3 is 0 Å². The molecular formula is C11H24N2O4S2. The Morgan fingerprint density at radius 3 is 2.00 bits per heavy atom. The number of nitrogens with zero attached hydrogens (tertiary/aromatic N) is 1. The molecule has 1 aliphatic rings. The topological polar surface area (TPSA) is 97.5 Å². The van der Waals surface area contributed by atoms with Gasteiger partial charge in [-0.1, -0.05) is 6.92 Å². The smallest absolute Gasteiger partial charge is 0.215 e. The van der Waals surface area contributed by atoms with Gasteiger partial charge in [0.2, 0.25) is 10.0 Å². The highest BCUT2D eigenvalue weighted by molar-refractivity contribution is 7.93. The van der Waals surface area contributed by atoms with Gasteiger partial charge in [0.15, 0.2) is 0 Å². The van der Waals surface area contributed by atoms with Crippen LogP contribution in [0.1, 0.15) is 32.6 Å². The summed E-state index contributed by atoms with van der Waals surface area (Å²) in [5, 5.41) is 0. The van der Waals surface area contributed by atoms with Gasteiger partial charge in [-0.2, -0.15) is 4.31 Å². The summed E-state index contributed by atoms with van der Waals surface area (Å²) in [5.74, 6) is -0.652. The van der Waals surface area contributed by atoms with E-state index in [2.05, 4.69) is 0 Å². The summed E-state index contributed by atoms with van der Waals surface area (Å²) >= 11 is 0.